The van der Waals surface area contributed by atoms with Gasteiger partial charge < -0.3 is 5.11 Å². The third-order valence-corrected chi connectivity index (χ3v) is 6.46. The summed E-state index contributed by atoms with van der Waals surface area (Å²) in [4.78, 5) is 17.6. The number of anilines is 3. The number of hydrogen-bond acceptors (Lipinski definition) is 6. The van der Waals surface area contributed by atoms with E-state index in [1.54, 1.807) is 36.4 Å². The molecule has 7 heteroatoms. The predicted molar refractivity (Wildman–Crippen MR) is 132 cm³/mol. The summed E-state index contributed by atoms with van der Waals surface area (Å²) in [5, 5.41) is 10.5. The van der Waals surface area contributed by atoms with Gasteiger partial charge in [-0.05, 0) is 72.8 Å². The van der Waals surface area contributed by atoms with Crippen molar-refractivity contribution in [3.05, 3.63) is 102 Å². The fourth-order valence-corrected chi connectivity index (χ4v) is 4.60. The molecule has 0 aliphatic heterocycles. The summed E-state index contributed by atoms with van der Waals surface area (Å²) >= 11 is 5.16. The van der Waals surface area contributed by atoms with E-state index in [1.165, 1.54) is 0 Å². The number of halogens is 1. The lowest BCUT2D eigenvalue weighted by Gasteiger charge is -2.27. The second kappa shape index (κ2) is 8.98. The molecule has 0 aliphatic carbocycles. The van der Waals surface area contributed by atoms with Gasteiger partial charge in [-0.2, -0.15) is 0 Å². The zero-order valence-corrected chi connectivity index (χ0v) is 19.2. The van der Waals surface area contributed by atoms with Crippen molar-refractivity contribution in [2.45, 2.75) is 9.79 Å². The molecule has 0 saturated heterocycles. The van der Waals surface area contributed by atoms with Gasteiger partial charge in [-0.25, -0.2) is 15.0 Å². The van der Waals surface area contributed by atoms with Crippen molar-refractivity contribution in [2.24, 2.45) is 0 Å². The zero-order chi connectivity index (χ0) is 21.9. The van der Waals surface area contributed by atoms with Gasteiger partial charge in [0.05, 0.1) is 11.1 Å². The van der Waals surface area contributed by atoms with Crippen LogP contribution in [0.25, 0.3) is 11.0 Å². The van der Waals surface area contributed by atoms with Crippen LogP contribution in [-0.4, -0.2) is 20.1 Å². The zero-order valence-electron chi connectivity index (χ0n) is 16.8. The van der Waals surface area contributed by atoms with Gasteiger partial charge in [0.1, 0.15) is 12.1 Å². The molecule has 5 nitrogen and oxygen atoms in total. The molecule has 156 valence electrons. The second-order valence-electron chi connectivity index (χ2n) is 6.95. The van der Waals surface area contributed by atoms with Crippen LogP contribution in [-0.2, 0) is 0 Å². The smallest absolute Gasteiger partial charge is 0.164 e. The summed E-state index contributed by atoms with van der Waals surface area (Å²) in [5.41, 5.74) is 2.59. The Labute approximate surface area is 197 Å². The van der Waals surface area contributed by atoms with Crippen LogP contribution in [0.3, 0.4) is 0 Å². The van der Waals surface area contributed by atoms with E-state index in [-0.39, 0.29) is 5.75 Å². The number of hydrogen-bond donors (Lipinski definition) is 1. The number of nitrogens with zero attached hydrogens (tertiary/aromatic N) is 4. The summed E-state index contributed by atoms with van der Waals surface area (Å²) in [6, 6.07) is 27.4. The van der Waals surface area contributed by atoms with Gasteiger partial charge in [0.15, 0.2) is 11.5 Å². The Bertz CT molecular complexity index is 1370. The molecule has 0 aliphatic rings. The third kappa shape index (κ3) is 4.17. The number of aromatic nitrogens is 3. The van der Waals surface area contributed by atoms with Crippen molar-refractivity contribution in [3.8, 4) is 5.75 Å². The minimum absolute atomic E-state index is 0.249. The van der Waals surface area contributed by atoms with E-state index in [2.05, 4.69) is 60.0 Å². The molecule has 0 fully saturated rings. The molecular formula is C25H17BrN4OS. The Morgan fingerprint density at radius 1 is 0.781 bits per heavy atom. The Balaban J connectivity index is 1.70. The SMILES string of the molecule is Oc1ccc(Sc2ccccc2N(c2ccc(Br)cc2)c2ncnc3ncccc23)cc1. The van der Waals surface area contributed by atoms with E-state index in [0.717, 1.165) is 36.8 Å². The molecule has 2 heterocycles. The highest BCUT2D eigenvalue weighted by atomic mass is 79.9. The van der Waals surface area contributed by atoms with Crippen molar-refractivity contribution < 1.29 is 5.11 Å². The van der Waals surface area contributed by atoms with Crippen LogP contribution in [0.4, 0.5) is 17.2 Å². The van der Waals surface area contributed by atoms with Crippen LogP contribution in [0.1, 0.15) is 0 Å². The maximum absolute atomic E-state index is 9.64. The van der Waals surface area contributed by atoms with E-state index >= 15 is 0 Å². The van der Waals surface area contributed by atoms with Crippen molar-refractivity contribution in [2.75, 3.05) is 4.90 Å². The summed E-state index contributed by atoms with van der Waals surface area (Å²) in [6.07, 6.45) is 3.28. The van der Waals surface area contributed by atoms with Gasteiger partial charge in [-0.3, -0.25) is 4.90 Å². The molecule has 0 radical (unpaired) electrons. The van der Waals surface area contributed by atoms with Gasteiger partial charge in [0.25, 0.3) is 0 Å². The lowest BCUT2D eigenvalue weighted by molar-refractivity contribution is 0.475. The van der Waals surface area contributed by atoms with Gasteiger partial charge in [-0.15, -0.1) is 0 Å². The van der Waals surface area contributed by atoms with Gasteiger partial charge in [0.2, 0.25) is 0 Å². The van der Waals surface area contributed by atoms with E-state index in [1.807, 2.05) is 48.5 Å². The van der Waals surface area contributed by atoms with Crippen molar-refractivity contribution in [1.82, 2.24) is 15.0 Å². The summed E-state index contributed by atoms with van der Waals surface area (Å²) in [5.74, 6) is 1.00. The fourth-order valence-electron chi connectivity index (χ4n) is 3.40. The fraction of sp³-hybridized carbons (Fsp3) is 0. The lowest BCUT2D eigenvalue weighted by atomic mass is 10.2. The van der Waals surface area contributed by atoms with Gasteiger partial charge in [0, 0.05) is 26.1 Å². The molecule has 0 unspecified atom stereocenters. The number of pyridine rings is 1. The molecule has 1 N–H and O–H groups in total. The Morgan fingerprint density at radius 3 is 2.38 bits per heavy atom. The number of fused-ring (bicyclic) bond motifs is 1. The standard InChI is InChI=1S/C25H17BrN4OS/c26-17-7-9-18(10-8-17)30(25-21-4-3-15-27-24(21)28-16-29-25)22-5-1-2-6-23(22)32-20-13-11-19(31)12-14-20/h1-16,31H. The summed E-state index contributed by atoms with van der Waals surface area (Å²) in [7, 11) is 0. The number of phenols is 1. The predicted octanol–water partition coefficient (Wildman–Crippen LogP) is 7.11. The van der Waals surface area contributed by atoms with Crippen LogP contribution in [0.2, 0.25) is 0 Å². The van der Waals surface area contributed by atoms with E-state index < -0.39 is 0 Å². The second-order valence-corrected chi connectivity index (χ2v) is 8.98. The van der Waals surface area contributed by atoms with E-state index in [0.29, 0.717) is 5.65 Å². The van der Waals surface area contributed by atoms with Crippen LogP contribution in [0.15, 0.2) is 112 Å². The Hall–Kier alpha value is -3.42. The molecule has 32 heavy (non-hydrogen) atoms. The molecule has 2 aromatic heterocycles. The number of benzene rings is 3. The minimum atomic E-state index is 0.249. The maximum Gasteiger partial charge on any atom is 0.164 e. The number of phenolic OH excluding ortho intramolecular Hbond substituents is 1. The van der Waals surface area contributed by atoms with E-state index in [9.17, 15) is 5.11 Å². The monoisotopic (exact) mass is 500 g/mol. The van der Waals surface area contributed by atoms with Crippen LogP contribution in [0.5, 0.6) is 5.75 Å². The molecule has 0 spiro atoms. The topological polar surface area (TPSA) is 62.1 Å². The summed E-state index contributed by atoms with van der Waals surface area (Å²) in [6.45, 7) is 0. The number of rotatable bonds is 5. The highest BCUT2D eigenvalue weighted by Gasteiger charge is 2.20. The average molecular weight is 501 g/mol. The maximum atomic E-state index is 9.64. The minimum Gasteiger partial charge on any atom is -0.508 e. The average Bonchev–Trinajstić information content (AvgIpc) is 2.83. The van der Waals surface area contributed by atoms with Crippen molar-refractivity contribution in [3.63, 3.8) is 0 Å². The molecule has 5 rings (SSSR count). The molecule has 5 aromatic rings. The van der Waals surface area contributed by atoms with Gasteiger partial charge in [-0.1, -0.05) is 39.8 Å². The first-order valence-corrected chi connectivity index (χ1v) is 11.5. The Kier molecular flexibility index (Phi) is 5.75. The highest BCUT2D eigenvalue weighted by molar-refractivity contribution is 9.10. The van der Waals surface area contributed by atoms with Crippen molar-refractivity contribution >= 4 is 55.9 Å². The van der Waals surface area contributed by atoms with Crippen LogP contribution in [0, 0.1) is 0 Å². The third-order valence-electron chi connectivity index (χ3n) is 4.85. The molecular weight excluding hydrogens is 484 g/mol. The number of aromatic hydroxyl groups is 1. The summed E-state index contributed by atoms with van der Waals surface area (Å²) < 4.78 is 1.00. The molecule has 0 amide bonds. The molecule has 0 bridgehead atoms. The van der Waals surface area contributed by atoms with E-state index in [4.69, 9.17) is 0 Å². The highest BCUT2D eigenvalue weighted by Crippen LogP contribution is 2.43. The first-order valence-electron chi connectivity index (χ1n) is 9.86. The van der Waals surface area contributed by atoms with Crippen molar-refractivity contribution in [1.29, 1.82) is 0 Å². The number of para-hydroxylation sites is 1. The first kappa shape index (κ1) is 20.5. The quantitative estimate of drug-likeness (QED) is 0.277. The normalized spacial score (nSPS) is 10.9. The van der Waals surface area contributed by atoms with Crippen LogP contribution < -0.4 is 4.90 Å². The lowest BCUT2D eigenvalue weighted by Crippen LogP contribution is -2.13. The molecule has 0 atom stereocenters. The Morgan fingerprint density at radius 2 is 1.56 bits per heavy atom. The van der Waals surface area contributed by atoms with Crippen LogP contribution >= 0.6 is 27.7 Å². The first-order chi connectivity index (χ1) is 15.7. The molecule has 0 saturated carbocycles. The largest absolute Gasteiger partial charge is 0.508 e. The van der Waals surface area contributed by atoms with Gasteiger partial charge >= 0.3 is 0 Å². The molecule has 3 aromatic carbocycles.